The molecule has 120 valence electrons. The fourth-order valence-corrected chi connectivity index (χ4v) is 2.96. The quantitative estimate of drug-likeness (QED) is 0.561. The molecule has 3 rings (SSSR count). The number of carbonyl (C=O) groups is 1. The van der Waals surface area contributed by atoms with Gasteiger partial charge in [-0.2, -0.15) is 0 Å². The van der Waals surface area contributed by atoms with Crippen molar-refractivity contribution < 1.29 is 4.79 Å². The molecule has 24 heavy (non-hydrogen) atoms. The van der Waals surface area contributed by atoms with E-state index in [0.29, 0.717) is 0 Å². The third-order valence-electron chi connectivity index (χ3n) is 3.60. The highest BCUT2D eigenvalue weighted by Crippen LogP contribution is 2.27. The van der Waals surface area contributed by atoms with Crippen LogP contribution in [-0.4, -0.2) is 12.5 Å². The van der Waals surface area contributed by atoms with Crippen LogP contribution in [0.1, 0.15) is 0 Å². The van der Waals surface area contributed by atoms with Gasteiger partial charge in [0.1, 0.15) is 0 Å². The number of halogens is 1. The van der Waals surface area contributed by atoms with Crippen LogP contribution in [-0.2, 0) is 4.79 Å². The molecule has 1 amide bonds. The van der Waals surface area contributed by atoms with Gasteiger partial charge in [0.25, 0.3) is 0 Å². The normalized spacial score (nSPS) is 10.2. The molecule has 3 aromatic carbocycles. The number of amides is 1. The number of hydrogen-bond donors (Lipinski definition) is 2. The highest BCUT2D eigenvalue weighted by molar-refractivity contribution is 14.1. The van der Waals surface area contributed by atoms with Crippen LogP contribution in [0.4, 0.5) is 11.4 Å². The zero-order chi connectivity index (χ0) is 16.8. The summed E-state index contributed by atoms with van der Waals surface area (Å²) >= 11 is 2.21. The maximum absolute atomic E-state index is 12.2. The summed E-state index contributed by atoms with van der Waals surface area (Å²) in [5.41, 5.74) is 3.99. The molecular weight excluding hydrogens is 411 g/mol. The topological polar surface area (TPSA) is 41.1 Å². The van der Waals surface area contributed by atoms with Gasteiger partial charge in [-0.1, -0.05) is 60.7 Å². The minimum absolute atomic E-state index is 0.0676. The summed E-state index contributed by atoms with van der Waals surface area (Å²) < 4.78 is 1.02. The Morgan fingerprint density at radius 1 is 0.792 bits per heavy atom. The maximum Gasteiger partial charge on any atom is 0.243 e. The van der Waals surface area contributed by atoms with Gasteiger partial charge in [0.15, 0.2) is 0 Å². The van der Waals surface area contributed by atoms with E-state index in [2.05, 4.69) is 51.4 Å². The molecular formula is C20H17IN2O. The van der Waals surface area contributed by atoms with E-state index in [1.54, 1.807) is 0 Å². The molecule has 0 heterocycles. The molecule has 0 bridgehead atoms. The number of nitrogens with one attached hydrogen (secondary N) is 2. The van der Waals surface area contributed by atoms with Crippen LogP contribution in [0.2, 0.25) is 0 Å². The maximum atomic E-state index is 12.2. The average molecular weight is 428 g/mol. The Morgan fingerprint density at radius 2 is 1.42 bits per heavy atom. The largest absolute Gasteiger partial charge is 0.376 e. The molecule has 0 fully saturated rings. The minimum atomic E-state index is -0.0676. The minimum Gasteiger partial charge on any atom is -0.376 e. The molecule has 3 aromatic rings. The number of para-hydroxylation sites is 2. The first-order valence-electron chi connectivity index (χ1n) is 7.67. The summed E-state index contributed by atoms with van der Waals surface area (Å²) in [5.74, 6) is -0.0676. The number of hydrogen-bond acceptors (Lipinski definition) is 2. The number of carbonyl (C=O) groups excluding carboxylic acids is 1. The molecule has 0 saturated heterocycles. The zero-order valence-electron chi connectivity index (χ0n) is 13.0. The lowest BCUT2D eigenvalue weighted by Gasteiger charge is -2.13. The SMILES string of the molecule is O=C(CNc1ccccc1-c1ccccc1)Nc1ccccc1I. The number of rotatable bonds is 5. The van der Waals surface area contributed by atoms with Gasteiger partial charge in [0, 0.05) is 14.8 Å². The smallest absolute Gasteiger partial charge is 0.243 e. The molecule has 2 N–H and O–H groups in total. The second-order valence-corrected chi connectivity index (χ2v) is 6.46. The van der Waals surface area contributed by atoms with E-state index >= 15 is 0 Å². The summed E-state index contributed by atoms with van der Waals surface area (Å²) in [6.07, 6.45) is 0. The molecule has 0 radical (unpaired) electrons. The van der Waals surface area contributed by atoms with Gasteiger partial charge in [0.2, 0.25) is 5.91 Å². The van der Waals surface area contributed by atoms with Gasteiger partial charge >= 0.3 is 0 Å². The molecule has 0 aliphatic rings. The van der Waals surface area contributed by atoms with Crippen molar-refractivity contribution in [2.24, 2.45) is 0 Å². The third kappa shape index (κ3) is 4.14. The van der Waals surface area contributed by atoms with Gasteiger partial charge in [-0.3, -0.25) is 4.79 Å². The zero-order valence-corrected chi connectivity index (χ0v) is 15.2. The lowest BCUT2D eigenvalue weighted by atomic mass is 10.0. The van der Waals surface area contributed by atoms with Crippen LogP contribution in [0, 0.1) is 3.57 Å². The molecule has 0 aromatic heterocycles. The predicted molar refractivity (Wildman–Crippen MR) is 108 cm³/mol. The first kappa shape index (κ1) is 16.5. The van der Waals surface area contributed by atoms with E-state index in [1.807, 2.05) is 60.7 Å². The fraction of sp³-hybridized carbons (Fsp3) is 0.0500. The van der Waals surface area contributed by atoms with E-state index in [1.165, 1.54) is 0 Å². The van der Waals surface area contributed by atoms with Crippen molar-refractivity contribution in [3.63, 3.8) is 0 Å². The molecule has 0 aliphatic carbocycles. The Hall–Kier alpha value is -2.34. The lowest BCUT2D eigenvalue weighted by molar-refractivity contribution is -0.114. The van der Waals surface area contributed by atoms with E-state index in [4.69, 9.17) is 0 Å². The van der Waals surface area contributed by atoms with E-state index in [9.17, 15) is 4.79 Å². The highest BCUT2D eigenvalue weighted by atomic mass is 127. The van der Waals surface area contributed by atoms with Gasteiger partial charge in [-0.15, -0.1) is 0 Å². The Labute approximate surface area is 155 Å². The Balaban J connectivity index is 1.69. The van der Waals surface area contributed by atoms with Gasteiger partial charge < -0.3 is 10.6 Å². The van der Waals surface area contributed by atoms with Crippen LogP contribution in [0.5, 0.6) is 0 Å². The van der Waals surface area contributed by atoms with Crippen molar-refractivity contribution in [1.82, 2.24) is 0 Å². The standard InChI is InChI=1S/C20H17IN2O/c21-17-11-5-7-13-19(17)23-20(24)14-22-18-12-6-4-10-16(18)15-8-2-1-3-9-15/h1-13,22H,14H2,(H,23,24). The average Bonchev–Trinajstić information content (AvgIpc) is 2.63. The fourth-order valence-electron chi connectivity index (χ4n) is 2.44. The molecule has 0 spiro atoms. The summed E-state index contributed by atoms with van der Waals surface area (Å²) in [7, 11) is 0. The molecule has 4 heteroatoms. The summed E-state index contributed by atoms with van der Waals surface area (Å²) in [4.78, 5) is 12.2. The van der Waals surface area contributed by atoms with Crippen LogP contribution >= 0.6 is 22.6 Å². The van der Waals surface area contributed by atoms with E-state index < -0.39 is 0 Å². The van der Waals surface area contributed by atoms with E-state index in [-0.39, 0.29) is 12.5 Å². The van der Waals surface area contributed by atoms with Crippen LogP contribution in [0.25, 0.3) is 11.1 Å². The Morgan fingerprint density at radius 3 is 2.17 bits per heavy atom. The first-order chi connectivity index (χ1) is 11.7. The number of anilines is 2. The van der Waals surface area contributed by atoms with Gasteiger partial charge in [0.05, 0.1) is 12.2 Å². The monoisotopic (exact) mass is 428 g/mol. The second-order valence-electron chi connectivity index (χ2n) is 5.29. The van der Waals surface area contributed by atoms with Crippen molar-refractivity contribution >= 4 is 39.9 Å². The summed E-state index contributed by atoms with van der Waals surface area (Å²) in [6.45, 7) is 0.217. The van der Waals surface area contributed by atoms with Gasteiger partial charge in [-0.25, -0.2) is 0 Å². The molecule has 0 saturated carbocycles. The van der Waals surface area contributed by atoms with Crippen LogP contribution in [0.3, 0.4) is 0 Å². The Kier molecular flexibility index (Phi) is 5.48. The van der Waals surface area contributed by atoms with Crippen molar-refractivity contribution in [2.75, 3.05) is 17.2 Å². The first-order valence-corrected chi connectivity index (χ1v) is 8.74. The van der Waals surface area contributed by atoms with E-state index in [0.717, 1.165) is 26.1 Å². The molecule has 3 nitrogen and oxygen atoms in total. The summed E-state index contributed by atoms with van der Waals surface area (Å²) in [5, 5.41) is 6.17. The Bertz CT molecular complexity index is 834. The predicted octanol–water partition coefficient (Wildman–Crippen LogP) is 5.01. The number of benzene rings is 3. The molecule has 0 atom stereocenters. The van der Waals surface area contributed by atoms with Crippen molar-refractivity contribution in [3.05, 3.63) is 82.4 Å². The molecule has 0 unspecified atom stereocenters. The second kappa shape index (κ2) is 7.97. The third-order valence-corrected chi connectivity index (χ3v) is 4.54. The molecule has 0 aliphatic heterocycles. The van der Waals surface area contributed by atoms with Crippen LogP contribution < -0.4 is 10.6 Å². The highest BCUT2D eigenvalue weighted by Gasteiger charge is 2.07. The van der Waals surface area contributed by atoms with Crippen molar-refractivity contribution in [1.29, 1.82) is 0 Å². The van der Waals surface area contributed by atoms with Crippen LogP contribution in [0.15, 0.2) is 78.9 Å². The summed E-state index contributed by atoms with van der Waals surface area (Å²) in [6, 6.07) is 25.9. The van der Waals surface area contributed by atoms with Crippen molar-refractivity contribution in [2.45, 2.75) is 0 Å². The lowest BCUT2D eigenvalue weighted by Crippen LogP contribution is -2.22. The van der Waals surface area contributed by atoms with Crippen molar-refractivity contribution in [3.8, 4) is 11.1 Å². The van der Waals surface area contributed by atoms with Gasteiger partial charge in [-0.05, 0) is 46.4 Å².